The van der Waals surface area contributed by atoms with Crippen molar-refractivity contribution in [2.45, 2.75) is 6.04 Å². The minimum Gasteiger partial charge on any atom is -0.273 e. The fourth-order valence-electron chi connectivity index (χ4n) is 4.05. The van der Waals surface area contributed by atoms with Gasteiger partial charge in [0.05, 0.1) is 22.0 Å². The van der Waals surface area contributed by atoms with Crippen LogP contribution in [0.25, 0.3) is 0 Å². The predicted octanol–water partition coefficient (Wildman–Crippen LogP) is 4.14. The number of carbonyl (C=O) groups excluding carboxylic acids is 2. The van der Waals surface area contributed by atoms with Crippen molar-refractivity contribution >= 4 is 50.5 Å². The van der Waals surface area contributed by atoms with Gasteiger partial charge < -0.3 is 0 Å². The van der Waals surface area contributed by atoms with Crippen molar-refractivity contribution in [3.05, 3.63) is 99.0 Å². The number of non-ortho nitro benzene ring substituents is 1. The van der Waals surface area contributed by atoms with Gasteiger partial charge in [0.2, 0.25) is 5.91 Å². The van der Waals surface area contributed by atoms with Crippen LogP contribution in [0.1, 0.15) is 5.56 Å². The van der Waals surface area contributed by atoms with Gasteiger partial charge in [-0.3, -0.25) is 24.7 Å². The van der Waals surface area contributed by atoms with E-state index in [1.807, 2.05) is 54.6 Å². The molecule has 3 aromatic carbocycles. The van der Waals surface area contributed by atoms with Crippen LogP contribution in [0.3, 0.4) is 0 Å². The first-order valence-corrected chi connectivity index (χ1v) is 10.6. The topological polar surface area (TPSA) is 96.1 Å². The number of nitrogens with zero attached hydrogens (tertiary/aromatic N) is 4. The van der Waals surface area contributed by atoms with E-state index in [4.69, 9.17) is 0 Å². The average Bonchev–Trinajstić information content (AvgIpc) is 3.32. The molecule has 9 heteroatoms. The van der Waals surface area contributed by atoms with E-state index in [1.54, 1.807) is 5.01 Å². The summed E-state index contributed by atoms with van der Waals surface area (Å²) >= 11 is 3.41. The largest absolute Gasteiger partial charge is 0.273 e. The highest BCUT2D eigenvalue weighted by atomic mass is 79.9. The lowest BCUT2D eigenvalue weighted by atomic mass is 9.93. The Hall–Kier alpha value is -3.85. The zero-order valence-electron chi connectivity index (χ0n) is 16.5. The third kappa shape index (κ3) is 3.18. The van der Waals surface area contributed by atoms with Gasteiger partial charge >= 0.3 is 0 Å². The summed E-state index contributed by atoms with van der Waals surface area (Å²) in [7, 11) is 0. The molecule has 0 saturated carbocycles. The molecule has 2 amide bonds. The van der Waals surface area contributed by atoms with E-state index in [9.17, 15) is 19.7 Å². The minimum absolute atomic E-state index is 0.115. The number of amides is 2. The molecule has 3 aromatic rings. The number of nitro groups is 1. The number of anilines is 2. The van der Waals surface area contributed by atoms with Gasteiger partial charge in [-0.05, 0) is 42.0 Å². The van der Waals surface area contributed by atoms with Gasteiger partial charge in [0.25, 0.3) is 11.6 Å². The summed E-state index contributed by atoms with van der Waals surface area (Å²) in [4.78, 5) is 38.5. The van der Waals surface area contributed by atoms with Gasteiger partial charge in [0, 0.05) is 16.6 Å². The highest BCUT2D eigenvalue weighted by Crippen LogP contribution is 2.39. The molecule has 2 aliphatic rings. The Morgan fingerprint density at radius 3 is 2.12 bits per heavy atom. The third-order valence-corrected chi connectivity index (χ3v) is 6.06. The average molecular weight is 491 g/mol. The normalized spacial score (nSPS) is 19.8. The van der Waals surface area contributed by atoms with Crippen molar-refractivity contribution in [1.29, 1.82) is 0 Å². The lowest BCUT2D eigenvalue weighted by Crippen LogP contribution is -2.39. The standard InChI is InChI=1S/C23H15BrN4O4/c24-15-8-6-14(7-9-15)20-19-21(27(25-20)17-4-2-1-3-5-17)23(30)26(22(19)29)16-10-12-18(13-11-16)28(31)32/h1-13,19,21H/t19-,21+/m1/s1. The molecule has 2 heterocycles. The maximum absolute atomic E-state index is 13.5. The van der Waals surface area contributed by atoms with Crippen LogP contribution in [0.4, 0.5) is 17.1 Å². The third-order valence-electron chi connectivity index (χ3n) is 5.53. The number of carbonyl (C=O) groups is 2. The van der Waals surface area contributed by atoms with E-state index >= 15 is 0 Å². The first-order chi connectivity index (χ1) is 15.5. The van der Waals surface area contributed by atoms with Gasteiger partial charge in [-0.15, -0.1) is 0 Å². The number of hydrazone groups is 1. The number of hydrogen-bond acceptors (Lipinski definition) is 6. The van der Waals surface area contributed by atoms with Gasteiger partial charge in [0.15, 0.2) is 0 Å². The monoisotopic (exact) mass is 490 g/mol. The molecule has 8 nitrogen and oxygen atoms in total. The highest BCUT2D eigenvalue weighted by molar-refractivity contribution is 9.10. The fourth-order valence-corrected chi connectivity index (χ4v) is 4.31. The molecule has 0 aliphatic carbocycles. The minimum atomic E-state index is -0.835. The summed E-state index contributed by atoms with van der Waals surface area (Å²) in [6.45, 7) is 0. The lowest BCUT2D eigenvalue weighted by Gasteiger charge is -2.22. The quantitative estimate of drug-likeness (QED) is 0.311. The number of nitro benzene ring substituents is 1. The fraction of sp³-hybridized carbons (Fsp3) is 0.0870. The number of para-hydroxylation sites is 1. The second-order valence-electron chi connectivity index (χ2n) is 7.38. The molecule has 2 atom stereocenters. The van der Waals surface area contributed by atoms with Crippen LogP contribution in [0, 0.1) is 16.0 Å². The molecular formula is C23H15BrN4O4. The molecule has 1 fully saturated rings. The second-order valence-corrected chi connectivity index (χ2v) is 8.30. The first kappa shape index (κ1) is 20.1. The molecule has 0 aromatic heterocycles. The van der Waals surface area contributed by atoms with Gasteiger partial charge in [0.1, 0.15) is 12.0 Å². The zero-order chi connectivity index (χ0) is 22.4. The summed E-state index contributed by atoms with van der Waals surface area (Å²) < 4.78 is 0.887. The van der Waals surface area contributed by atoms with Crippen LogP contribution in [0.5, 0.6) is 0 Å². The smallest absolute Gasteiger partial charge is 0.269 e. The summed E-state index contributed by atoms with van der Waals surface area (Å²) in [5.74, 6) is -1.62. The van der Waals surface area contributed by atoms with Crippen LogP contribution < -0.4 is 9.91 Å². The van der Waals surface area contributed by atoms with Crippen LogP contribution in [-0.4, -0.2) is 28.5 Å². The van der Waals surface area contributed by atoms with E-state index in [-0.39, 0.29) is 5.69 Å². The van der Waals surface area contributed by atoms with Crippen molar-refractivity contribution < 1.29 is 14.5 Å². The number of imide groups is 1. The number of halogens is 1. The maximum Gasteiger partial charge on any atom is 0.269 e. The van der Waals surface area contributed by atoms with Crippen LogP contribution >= 0.6 is 15.9 Å². The van der Waals surface area contributed by atoms with Crippen LogP contribution in [0.2, 0.25) is 0 Å². The summed E-state index contributed by atoms with van der Waals surface area (Å²) in [5, 5.41) is 17.3. The highest BCUT2D eigenvalue weighted by Gasteiger charge is 2.57. The molecule has 0 N–H and O–H groups in total. The SMILES string of the molecule is O=C1[C@@H]2C(c3ccc(Br)cc3)=NN(c3ccccc3)[C@@H]2C(=O)N1c1ccc([N+](=O)[O-])cc1. The van der Waals surface area contributed by atoms with E-state index < -0.39 is 28.7 Å². The van der Waals surface area contributed by atoms with Gasteiger partial charge in [-0.2, -0.15) is 5.10 Å². The van der Waals surface area contributed by atoms with Crippen molar-refractivity contribution in [3.63, 3.8) is 0 Å². The van der Waals surface area contributed by atoms with Gasteiger partial charge in [-0.1, -0.05) is 46.3 Å². The zero-order valence-corrected chi connectivity index (χ0v) is 18.0. The molecule has 0 bridgehead atoms. The molecule has 0 unspecified atom stereocenters. The Morgan fingerprint density at radius 1 is 0.844 bits per heavy atom. The van der Waals surface area contributed by atoms with E-state index in [0.717, 1.165) is 14.9 Å². The first-order valence-electron chi connectivity index (χ1n) is 9.76. The van der Waals surface area contributed by atoms with Crippen molar-refractivity contribution in [2.75, 3.05) is 9.91 Å². The molecule has 2 aliphatic heterocycles. The van der Waals surface area contributed by atoms with Crippen LogP contribution in [-0.2, 0) is 9.59 Å². The maximum atomic E-state index is 13.5. The predicted molar refractivity (Wildman–Crippen MR) is 122 cm³/mol. The number of hydrogen-bond donors (Lipinski definition) is 0. The number of fused-ring (bicyclic) bond motifs is 1. The van der Waals surface area contributed by atoms with Crippen LogP contribution in [0.15, 0.2) is 88.4 Å². The molecule has 32 heavy (non-hydrogen) atoms. The number of benzene rings is 3. The Kier molecular flexibility index (Phi) is 4.82. The summed E-state index contributed by atoms with van der Waals surface area (Å²) in [6, 6.07) is 21.2. The summed E-state index contributed by atoms with van der Waals surface area (Å²) in [5.41, 5.74) is 2.13. The Morgan fingerprint density at radius 2 is 1.50 bits per heavy atom. The molecular weight excluding hydrogens is 476 g/mol. The van der Waals surface area contributed by atoms with Crippen molar-refractivity contribution in [3.8, 4) is 0 Å². The second kappa shape index (κ2) is 7.69. The number of rotatable bonds is 4. The molecule has 1 saturated heterocycles. The Bertz CT molecular complexity index is 1260. The molecule has 5 rings (SSSR count). The molecule has 158 valence electrons. The van der Waals surface area contributed by atoms with Crippen molar-refractivity contribution in [2.24, 2.45) is 11.0 Å². The lowest BCUT2D eigenvalue weighted by molar-refractivity contribution is -0.384. The molecule has 0 radical (unpaired) electrons. The van der Waals surface area contributed by atoms with Crippen molar-refractivity contribution in [1.82, 2.24) is 0 Å². The van der Waals surface area contributed by atoms with E-state index in [0.29, 0.717) is 17.1 Å². The Balaban J connectivity index is 1.59. The van der Waals surface area contributed by atoms with E-state index in [1.165, 1.54) is 24.3 Å². The van der Waals surface area contributed by atoms with E-state index in [2.05, 4.69) is 21.0 Å². The Labute approximate surface area is 191 Å². The van der Waals surface area contributed by atoms with Gasteiger partial charge in [-0.25, -0.2) is 4.90 Å². The summed E-state index contributed by atoms with van der Waals surface area (Å²) in [6.07, 6.45) is 0. The molecule has 0 spiro atoms.